The predicted molar refractivity (Wildman–Crippen MR) is 110 cm³/mol. The number of allylic oxidation sites excluding steroid dienone is 2. The molecule has 0 aromatic heterocycles. The second-order valence-electron chi connectivity index (χ2n) is 6.64. The summed E-state index contributed by atoms with van der Waals surface area (Å²) in [5.74, 6) is -0.0397. The Bertz CT molecular complexity index is 1030. The SMILES string of the molecule is CC(O)C1=C(c2ccccc2)C(=O)C(c2ccccc2)=C1c1ccccc1. The molecule has 0 saturated heterocycles. The minimum absolute atomic E-state index is 0.0397. The number of aliphatic hydroxyl groups excluding tert-OH is 1. The van der Waals surface area contributed by atoms with Gasteiger partial charge in [-0.3, -0.25) is 4.79 Å². The molecule has 4 rings (SSSR count). The number of Topliss-reactive ketones (excluding diaryl/α,β-unsaturated/α-hetero) is 1. The Kier molecular flexibility index (Phi) is 4.57. The topological polar surface area (TPSA) is 37.3 Å². The second-order valence-corrected chi connectivity index (χ2v) is 6.64. The maximum atomic E-state index is 13.6. The van der Waals surface area contributed by atoms with Gasteiger partial charge in [-0.1, -0.05) is 91.0 Å². The zero-order valence-electron chi connectivity index (χ0n) is 15.1. The molecule has 0 aliphatic heterocycles. The molecule has 0 bridgehead atoms. The highest BCUT2D eigenvalue weighted by Crippen LogP contribution is 2.46. The van der Waals surface area contributed by atoms with Gasteiger partial charge >= 0.3 is 0 Å². The van der Waals surface area contributed by atoms with Crippen LogP contribution in [0, 0.1) is 0 Å². The molecule has 1 atom stereocenters. The van der Waals surface area contributed by atoms with E-state index in [2.05, 4.69) is 0 Å². The third-order valence-electron chi connectivity index (χ3n) is 4.85. The highest BCUT2D eigenvalue weighted by Gasteiger charge is 2.36. The van der Waals surface area contributed by atoms with Crippen LogP contribution in [0.2, 0.25) is 0 Å². The first-order chi connectivity index (χ1) is 13.2. The average Bonchev–Trinajstić information content (AvgIpc) is 3.03. The molecule has 0 spiro atoms. The van der Waals surface area contributed by atoms with Crippen LogP contribution in [0.25, 0.3) is 16.7 Å². The van der Waals surface area contributed by atoms with Crippen LogP contribution < -0.4 is 0 Å². The van der Waals surface area contributed by atoms with Crippen LogP contribution in [0.4, 0.5) is 0 Å². The van der Waals surface area contributed by atoms with Gasteiger partial charge in [0.2, 0.25) is 0 Å². The van der Waals surface area contributed by atoms with E-state index >= 15 is 0 Å². The average molecular weight is 352 g/mol. The van der Waals surface area contributed by atoms with E-state index in [-0.39, 0.29) is 5.78 Å². The first-order valence-corrected chi connectivity index (χ1v) is 9.06. The third-order valence-corrected chi connectivity index (χ3v) is 4.85. The quantitative estimate of drug-likeness (QED) is 0.716. The fourth-order valence-electron chi connectivity index (χ4n) is 3.71. The molecule has 0 radical (unpaired) electrons. The molecule has 0 heterocycles. The molecule has 1 unspecified atom stereocenters. The lowest BCUT2D eigenvalue weighted by Gasteiger charge is -2.15. The summed E-state index contributed by atoms with van der Waals surface area (Å²) in [5, 5.41) is 10.7. The molecule has 1 aliphatic rings. The van der Waals surface area contributed by atoms with Gasteiger partial charge in [-0.2, -0.15) is 0 Å². The Balaban J connectivity index is 2.04. The van der Waals surface area contributed by atoms with E-state index in [9.17, 15) is 9.90 Å². The number of hydrogen-bond donors (Lipinski definition) is 1. The Morgan fingerprint density at radius 3 is 1.37 bits per heavy atom. The van der Waals surface area contributed by atoms with E-state index in [1.165, 1.54) is 0 Å². The summed E-state index contributed by atoms with van der Waals surface area (Å²) in [6, 6.07) is 29.1. The molecular weight excluding hydrogens is 332 g/mol. The van der Waals surface area contributed by atoms with E-state index < -0.39 is 6.10 Å². The van der Waals surface area contributed by atoms with Crippen LogP contribution in [-0.4, -0.2) is 17.0 Å². The van der Waals surface area contributed by atoms with Gasteiger partial charge in [0.25, 0.3) is 0 Å². The third kappa shape index (κ3) is 3.05. The highest BCUT2D eigenvalue weighted by atomic mass is 16.3. The van der Waals surface area contributed by atoms with E-state index in [4.69, 9.17) is 0 Å². The van der Waals surface area contributed by atoms with Crippen LogP contribution in [-0.2, 0) is 4.79 Å². The highest BCUT2D eigenvalue weighted by molar-refractivity contribution is 6.52. The Morgan fingerprint density at radius 1 is 0.593 bits per heavy atom. The summed E-state index contributed by atoms with van der Waals surface area (Å²) in [6.45, 7) is 1.72. The molecule has 3 aromatic rings. The van der Waals surface area contributed by atoms with Crippen molar-refractivity contribution in [1.29, 1.82) is 0 Å². The minimum atomic E-state index is -0.763. The van der Waals surface area contributed by atoms with Gasteiger partial charge in [0, 0.05) is 16.7 Å². The number of rotatable bonds is 4. The molecule has 2 heteroatoms. The molecule has 132 valence electrons. The standard InChI is InChI=1S/C25H20O2/c1-17(26)21-22(18-11-5-2-6-12-18)24(20-15-9-4-10-16-20)25(27)23(21)19-13-7-3-8-14-19/h2-17,26H,1H3. The Hall–Kier alpha value is -3.23. The molecule has 0 fully saturated rings. The van der Waals surface area contributed by atoms with Crippen molar-refractivity contribution in [3.63, 3.8) is 0 Å². The summed E-state index contributed by atoms with van der Waals surface area (Å²) in [5.41, 5.74) is 5.38. The Labute approximate surface area is 159 Å². The van der Waals surface area contributed by atoms with E-state index in [0.29, 0.717) is 16.7 Å². The van der Waals surface area contributed by atoms with Crippen molar-refractivity contribution in [1.82, 2.24) is 0 Å². The number of carbonyl (C=O) groups excluding carboxylic acids is 1. The van der Waals surface area contributed by atoms with Gasteiger partial charge in [0.1, 0.15) is 0 Å². The largest absolute Gasteiger partial charge is 0.389 e. The fourth-order valence-corrected chi connectivity index (χ4v) is 3.71. The molecule has 2 nitrogen and oxygen atoms in total. The molecule has 0 amide bonds. The zero-order valence-corrected chi connectivity index (χ0v) is 15.1. The van der Waals surface area contributed by atoms with Gasteiger partial charge in [-0.05, 0) is 29.2 Å². The van der Waals surface area contributed by atoms with Crippen LogP contribution >= 0.6 is 0 Å². The molecular formula is C25H20O2. The van der Waals surface area contributed by atoms with Crippen molar-refractivity contribution in [3.8, 4) is 0 Å². The summed E-state index contributed by atoms with van der Waals surface area (Å²) >= 11 is 0. The summed E-state index contributed by atoms with van der Waals surface area (Å²) < 4.78 is 0. The number of hydrogen-bond acceptors (Lipinski definition) is 2. The van der Waals surface area contributed by atoms with Crippen molar-refractivity contribution in [2.45, 2.75) is 13.0 Å². The number of carbonyl (C=O) groups is 1. The summed E-state index contributed by atoms with van der Waals surface area (Å²) in [6.07, 6.45) is -0.763. The normalized spacial score (nSPS) is 15.4. The van der Waals surface area contributed by atoms with Gasteiger partial charge in [0.05, 0.1) is 6.10 Å². The van der Waals surface area contributed by atoms with Crippen LogP contribution in [0.1, 0.15) is 23.6 Å². The summed E-state index contributed by atoms with van der Waals surface area (Å²) in [4.78, 5) is 13.6. The maximum absolute atomic E-state index is 13.6. The number of aliphatic hydroxyl groups is 1. The lowest BCUT2D eigenvalue weighted by Crippen LogP contribution is -2.08. The first kappa shape index (κ1) is 17.2. The van der Waals surface area contributed by atoms with Crippen LogP contribution in [0.3, 0.4) is 0 Å². The molecule has 1 aliphatic carbocycles. The van der Waals surface area contributed by atoms with Gasteiger partial charge in [0.15, 0.2) is 5.78 Å². The smallest absolute Gasteiger partial charge is 0.195 e. The van der Waals surface area contributed by atoms with E-state index in [1.54, 1.807) is 6.92 Å². The Morgan fingerprint density at radius 2 is 0.963 bits per heavy atom. The van der Waals surface area contributed by atoms with Crippen molar-refractivity contribution < 1.29 is 9.90 Å². The van der Waals surface area contributed by atoms with E-state index in [0.717, 1.165) is 22.3 Å². The first-order valence-electron chi connectivity index (χ1n) is 9.06. The van der Waals surface area contributed by atoms with Gasteiger partial charge in [-0.15, -0.1) is 0 Å². The lowest BCUT2D eigenvalue weighted by molar-refractivity contribution is -0.108. The lowest BCUT2D eigenvalue weighted by atomic mass is 9.91. The second kappa shape index (κ2) is 7.18. The van der Waals surface area contributed by atoms with Crippen molar-refractivity contribution in [2.75, 3.05) is 0 Å². The molecule has 1 N–H and O–H groups in total. The van der Waals surface area contributed by atoms with E-state index in [1.807, 2.05) is 91.0 Å². The summed E-state index contributed by atoms with van der Waals surface area (Å²) in [7, 11) is 0. The minimum Gasteiger partial charge on any atom is -0.389 e. The molecule has 3 aromatic carbocycles. The van der Waals surface area contributed by atoms with Crippen molar-refractivity contribution in [3.05, 3.63) is 113 Å². The maximum Gasteiger partial charge on any atom is 0.195 e. The number of benzene rings is 3. The monoisotopic (exact) mass is 352 g/mol. The van der Waals surface area contributed by atoms with Crippen LogP contribution in [0.5, 0.6) is 0 Å². The van der Waals surface area contributed by atoms with Gasteiger partial charge < -0.3 is 5.11 Å². The van der Waals surface area contributed by atoms with Gasteiger partial charge in [-0.25, -0.2) is 0 Å². The fraction of sp³-hybridized carbons (Fsp3) is 0.0800. The predicted octanol–water partition coefficient (Wildman–Crippen LogP) is 5.01. The van der Waals surface area contributed by atoms with Crippen LogP contribution in [0.15, 0.2) is 96.6 Å². The van der Waals surface area contributed by atoms with Crippen molar-refractivity contribution >= 4 is 22.5 Å². The number of ketones is 1. The molecule has 0 saturated carbocycles. The zero-order chi connectivity index (χ0) is 18.8. The van der Waals surface area contributed by atoms with Crippen molar-refractivity contribution in [2.24, 2.45) is 0 Å². The molecule has 27 heavy (non-hydrogen) atoms.